The molecule has 4 rings (SSSR count). The highest BCUT2D eigenvalue weighted by molar-refractivity contribution is 5.38. The largest absolute Gasteiger partial charge is 0.0622 e. The lowest BCUT2D eigenvalue weighted by atomic mass is 9.72. The molecule has 0 nitrogen and oxygen atoms in total. The van der Waals surface area contributed by atoms with Crippen molar-refractivity contribution in [3.05, 3.63) is 142 Å². The average Bonchev–Trinajstić information content (AvgIpc) is 2.86. The summed E-state index contributed by atoms with van der Waals surface area (Å²) < 4.78 is 0. The first kappa shape index (κ1) is 32.1. The van der Waals surface area contributed by atoms with E-state index >= 15 is 0 Å². The Balaban J connectivity index is 0.000000216. The molecule has 0 fully saturated rings. The molecular weight excluding hydrogens is 468 g/mol. The zero-order chi connectivity index (χ0) is 29.3. The highest BCUT2D eigenvalue weighted by Crippen LogP contribution is 2.36. The lowest BCUT2D eigenvalue weighted by Gasteiger charge is -2.33. The van der Waals surface area contributed by atoms with Gasteiger partial charge in [-0.2, -0.15) is 0 Å². The normalized spacial score (nSPS) is 11.6. The number of hydrogen-bond acceptors (Lipinski definition) is 0. The first-order valence-corrected chi connectivity index (χ1v) is 14.3. The molecule has 4 aromatic carbocycles. The second-order valence-electron chi connectivity index (χ2n) is 13.5. The van der Waals surface area contributed by atoms with Gasteiger partial charge in [0.25, 0.3) is 0 Å². The summed E-state index contributed by atoms with van der Waals surface area (Å²) in [6.07, 6.45) is 1.21. The van der Waals surface area contributed by atoms with Crippen LogP contribution in [-0.4, -0.2) is 0 Å². The van der Waals surface area contributed by atoms with Crippen LogP contribution in [0, 0.1) is 33.1 Å². The van der Waals surface area contributed by atoms with Crippen LogP contribution in [0.3, 0.4) is 0 Å². The van der Waals surface area contributed by atoms with Crippen molar-refractivity contribution < 1.29 is 0 Å². The highest BCUT2D eigenvalue weighted by atomic mass is 14.3. The molecule has 0 saturated heterocycles. The Morgan fingerprint density at radius 2 is 0.692 bits per heavy atom. The number of hydrogen-bond donors (Lipinski definition) is 0. The molecule has 0 amide bonds. The molecule has 0 atom stereocenters. The molecule has 0 spiro atoms. The predicted octanol–water partition coefficient (Wildman–Crippen LogP) is 11.3. The van der Waals surface area contributed by atoms with E-state index in [4.69, 9.17) is 0 Å². The third-order valence-electron chi connectivity index (χ3n) is 7.29. The molecule has 0 bridgehead atoms. The smallest absolute Gasteiger partial charge is 0.0146 e. The van der Waals surface area contributed by atoms with Crippen LogP contribution in [-0.2, 0) is 10.8 Å². The van der Waals surface area contributed by atoms with Crippen LogP contribution >= 0.6 is 0 Å². The van der Waals surface area contributed by atoms with Crippen molar-refractivity contribution in [3.8, 4) is 0 Å². The predicted molar refractivity (Wildman–Crippen MR) is 174 cm³/mol. The van der Waals surface area contributed by atoms with E-state index in [1.165, 1.54) is 45.4 Å². The first-order chi connectivity index (χ1) is 18.1. The van der Waals surface area contributed by atoms with Gasteiger partial charge < -0.3 is 0 Å². The van der Waals surface area contributed by atoms with Crippen molar-refractivity contribution in [2.24, 2.45) is 5.41 Å². The van der Waals surface area contributed by atoms with E-state index in [0.717, 1.165) is 0 Å². The van der Waals surface area contributed by atoms with E-state index < -0.39 is 0 Å². The minimum Gasteiger partial charge on any atom is -0.0622 e. The maximum Gasteiger partial charge on any atom is 0.0146 e. The van der Waals surface area contributed by atoms with Gasteiger partial charge in [-0.25, -0.2) is 0 Å². The van der Waals surface area contributed by atoms with Gasteiger partial charge in [-0.05, 0) is 61.6 Å². The van der Waals surface area contributed by atoms with Crippen LogP contribution in [0.1, 0.15) is 93.8 Å². The van der Waals surface area contributed by atoms with Crippen molar-refractivity contribution in [2.45, 2.75) is 93.4 Å². The van der Waals surface area contributed by atoms with Gasteiger partial charge in [0.2, 0.25) is 0 Å². The maximum absolute atomic E-state index is 2.34. The Labute approximate surface area is 240 Å². The van der Waals surface area contributed by atoms with Crippen molar-refractivity contribution in [3.63, 3.8) is 0 Å². The molecule has 0 unspecified atom stereocenters. The molecule has 0 aliphatic rings. The van der Waals surface area contributed by atoms with E-state index in [1.807, 2.05) is 0 Å². The molecule has 0 aliphatic carbocycles. The molecule has 0 heteroatoms. The molecule has 0 heterocycles. The third-order valence-corrected chi connectivity index (χ3v) is 7.29. The summed E-state index contributed by atoms with van der Waals surface area (Å²) in [7, 11) is 0. The molecule has 0 radical (unpaired) electrons. The molecule has 39 heavy (non-hydrogen) atoms. The van der Waals surface area contributed by atoms with E-state index in [0.29, 0.717) is 5.41 Å². The van der Waals surface area contributed by atoms with E-state index in [-0.39, 0.29) is 10.8 Å². The van der Waals surface area contributed by atoms with E-state index in [1.54, 1.807) is 0 Å². The van der Waals surface area contributed by atoms with Crippen LogP contribution in [0.25, 0.3) is 0 Å². The van der Waals surface area contributed by atoms with Crippen LogP contribution in [0.4, 0.5) is 0 Å². The fourth-order valence-electron chi connectivity index (χ4n) is 5.06. The number of aryl methyl sites for hydroxylation is 4. The summed E-state index contributed by atoms with van der Waals surface area (Å²) in [6, 6.07) is 36.9. The van der Waals surface area contributed by atoms with Crippen molar-refractivity contribution in [1.82, 2.24) is 0 Å². The SMILES string of the molecule is Cc1ccc(C(C)(C)CC(C)(C)C)cc1.Cc1ccc(C(C)(C)c2ccccc2)cc1.Cc1ccc(C)cc1. The second-order valence-corrected chi connectivity index (χ2v) is 13.5. The molecule has 0 N–H and O–H groups in total. The monoisotopic (exact) mass is 520 g/mol. The van der Waals surface area contributed by atoms with Crippen molar-refractivity contribution >= 4 is 0 Å². The van der Waals surface area contributed by atoms with Gasteiger partial charge >= 0.3 is 0 Å². The van der Waals surface area contributed by atoms with Gasteiger partial charge in [0.05, 0.1) is 0 Å². The molecule has 0 saturated carbocycles. The Morgan fingerprint density at radius 1 is 0.385 bits per heavy atom. The number of rotatable bonds is 4. The molecule has 0 aliphatic heterocycles. The molecule has 0 aromatic heterocycles. The van der Waals surface area contributed by atoms with Crippen molar-refractivity contribution in [2.75, 3.05) is 0 Å². The molecule has 4 aromatic rings. The Kier molecular flexibility index (Phi) is 11.3. The standard InChI is InChI=1S/C16H18.C15H24.C8H10/c1-13-9-11-15(12-10-13)16(2,3)14-7-5-4-6-8-14;1-12-7-9-13(10-8-12)15(5,6)11-14(2,3)4;1-7-3-5-8(2)6-4-7/h4-12H,1-3H3;7-10H,11H2,1-6H3;3-6H,1-2H3. The summed E-state index contributed by atoms with van der Waals surface area (Å²) >= 11 is 0. The summed E-state index contributed by atoms with van der Waals surface area (Å²) in [6.45, 7) is 24.6. The van der Waals surface area contributed by atoms with Crippen LogP contribution in [0.2, 0.25) is 0 Å². The zero-order valence-electron chi connectivity index (χ0n) is 26.5. The summed E-state index contributed by atoms with van der Waals surface area (Å²) in [5, 5.41) is 0. The maximum atomic E-state index is 2.34. The minimum absolute atomic E-state index is 0.0783. The fourth-order valence-corrected chi connectivity index (χ4v) is 5.06. The summed E-state index contributed by atoms with van der Waals surface area (Å²) in [5.74, 6) is 0. The Morgan fingerprint density at radius 3 is 1.05 bits per heavy atom. The van der Waals surface area contributed by atoms with Crippen LogP contribution < -0.4 is 0 Å². The van der Waals surface area contributed by atoms with Gasteiger partial charge in [-0.3, -0.25) is 0 Å². The van der Waals surface area contributed by atoms with Crippen LogP contribution in [0.5, 0.6) is 0 Å². The third kappa shape index (κ3) is 10.9. The quantitative estimate of drug-likeness (QED) is 0.251. The van der Waals surface area contributed by atoms with Gasteiger partial charge in [-0.15, -0.1) is 0 Å². The second kappa shape index (κ2) is 13.8. The number of benzene rings is 4. The van der Waals surface area contributed by atoms with Gasteiger partial charge in [-0.1, -0.05) is 174 Å². The topological polar surface area (TPSA) is 0 Å². The highest BCUT2D eigenvalue weighted by Gasteiger charge is 2.27. The van der Waals surface area contributed by atoms with Gasteiger partial charge in [0.1, 0.15) is 0 Å². The average molecular weight is 521 g/mol. The minimum atomic E-state index is 0.0783. The van der Waals surface area contributed by atoms with E-state index in [2.05, 4.69) is 179 Å². The molecular formula is C39H52. The Bertz CT molecular complexity index is 1210. The van der Waals surface area contributed by atoms with Crippen LogP contribution in [0.15, 0.2) is 103 Å². The first-order valence-electron chi connectivity index (χ1n) is 14.3. The lowest BCUT2D eigenvalue weighted by Crippen LogP contribution is -2.24. The van der Waals surface area contributed by atoms with Gasteiger partial charge in [0, 0.05) is 5.41 Å². The lowest BCUT2D eigenvalue weighted by molar-refractivity contribution is 0.284. The molecule has 208 valence electrons. The zero-order valence-corrected chi connectivity index (χ0v) is 26.5. The van der Waals surface area contributed by atoms with Crippen molar-refractivity contribution in [1.29, 1.82) is 0 Å². The van der Waals surface area contributed by atoms with E-state index in [9.17, 15) is 0 Å². The fraction of sp³-hybridized carbons (Fsp3) is 0.385. The summed E-state index contributed by atoms with van der Waals surface area (Å²) in [5.41, 5.74) is 10.2. The Hall–Kier alpha value is -3.12. The summed E-state index contributed by atoms with van der Waals surface area (Å²) in [4.78, 5) is 0. The van der Waals surface area contributed by atoms with Gasteiger partial charge in [0.15, 0.2) is 0 Å².